The van der Waals surface area contributed by atoms with Gasteiger partial charge in [0.15, 0.2) is 30.7 Å². The Morgan fingerprint density at radius 2 is 0.947 bits per heavy atom. The van der Waals surface area contributed by atoms with E-state index in [1.54, 1.807) is 6.34 Å². The van der Waals surface area contributed by atoms with Gasteiger partial charge < -0.3 is 63.8 Å². The Hall–Kier alpha value is -2.85. The van der Waals surface area contributed by atoms with Crippen molar-refractivity contribution >= 4 is 110 Å². The van der Waals surface area contributed by atoms with Crippen LogP contribution in [0, 0.1) is 0 Å². The van der Waals surface area contributed by atoms with Crippen LogP contribution in [0.25, 0.3) is 0 Å². The molecule has 3 heterocycles. The second-order valence-corrected chi connectivity index (χ2v) is 14.4. The molecule has 0 atom stereocenters. The van der Waals surface area contributed by atoms with Gasteiger partial charge in [-0.1, -0.05) is 28.4 Å². The summed E-state index contributed by atoms with van der Waals surface area (Å²) in [6.45, 7) is 34.6. The van der Waals surface area contributed by atoms with Crippen LogP contribution >= 0.6 is 73.3 Å². The SMILES string of the molecule is C.C.C=C1N=CNN1.CC(C)NC(=S)NC(C)C.CCCNC(=S)NCC.CCNC(=S)NC(C)C.CCNC(=S)NCC.S=C1NCCCN1.S=C1NCCN1. The minimum Gasteiger partial charge on any atom is -0.363 e. The van der Waals surface area contributed by atoms with Crippen molar-refractivity contribution in [3.8, 4) is 0 Å². The summed E-state index contributed by atoms with van der Waals surface area (Å²) in [5.41, 5.74) is 5.28. The van der Waals surface area contributed by atoms with Gasteiger partial charge >= 0.3 is 0 Å². The summed E-state index contributed by atoms with van der Waals surface area (Å²) in [4.78, 5) is 3.69. The fourth-order valence-corrected chi connectivity index (χ4v) is 4.91. The molecule has 3 rings (SSSR count). The van der Waals surface area contributed by atoms with E-state index >= 15 is 0 Å². The molecule has 0 amide bonds. The van der Waals surface area contributed by atoms with Gasteiger partial charge in [-0.2, -0.15) is 0 Å². The van der Waals surface area contributed by atoms with E-state index in [4.69, 9.17) is 73.3 Å². The van der Waals surface area contributed by atoms with Crippen LogP contribution < -0.4 is 74.7 Å². The Kier molecular flexibility index (Phi) is 57.1. The minimum absolute atomic E-state index is 0. The van der Waals surface area contributed by atoms with E-state index in [0.29, 0.717) is 23.9 Å². The van der Waals surface area contributed by atoms with Gasteiger partial charge in [-0.15, -0.1) is 0 Å². The number of hydrazine groups is 1. The number of aliphatic imine (C=N–C) groups is 1. The van der Waals surface area contributed by atoms with E-state index in [0.717, 1.165) is 96.0 Å². The minimum atomic E-state index is 0. The molecule has 0 aromatic rings. The van der Waals surface area contributed by atoms with E-state index in [1.165, 1.54) is 6.42 Å². The fourth-order valence-electron chi connectivity index (χ4n) is 3.11. The molecule has 338 valence electrons. The lowest BCUT2D eigenvalue weighted by atomic mass is 10.4. The average Bonchev–Trinajstić information content (AvgIpc) is 3.78. The maximum Gasteiger partial charge on any atom is 0.166 e. The van der Waals surface area contributed by atoms with E-state index in [-0.39, 0.29) is 14.9 Å². The lowest BCUT2D eigenvalue weighted by Gasteiger charge is -2.14. The highest BCUT2D eigenvalue weighted by Crippen LogP contribution is 1.83. The predicted octanol–water partition coefficient (Wildman–Crippen LogP) is 3.70. The van der Waals surface area contributed by atoms with Gasteiger partial charge in [0.25, 0.3) is 0 Å². The molecule has 15 nitrogen and oxygen atoms in total. The predicted molar refractivity (Wildman–Crippen MR) is 277 cm³/mol. The quantitative estimate of drug-likeness (QED) is 0.150. The van der Waals surface area contributed by atoms with Crippen molar-refractivity contribution in [3.05, 3.63) is 12.4 Å². The number of thiocarbonyl (C=S) groups is 6. The number of hydrogen-bond acceptors (Lipinski definition) is 9. The number of nitrogens with one attached hydrogen (secondary N) is 14. The summed E-state index contributed by atoms with van der Waals surface area (Å²) in [5, 5.41) is 40.7. The van der Waals surface area contributed by atoms with Gasteiger partial charge in [0.05, 0.1) is 0 Å². The topological polar surface area (TPSA) is 181 Å². The lowest BCUT2D eigenvalue weighted by Crippen LogP contribution is -2.42. The zero-order chi connectivity index (χ0) is 42.9. The van der Waals surface area contributed by atoms with Crippen molar-refractivity contribution in [2.75, 3.05) is 58.9 Å². The molecule has 0 bridgehead atoms. The molecule has 3 aliphatic rings. The van der Waals surface area contributed by atoms with E-state index in [9.17, 15) is 0 Å². The Morgan fingerprint density at radius 3 is 1.19 bits per heavy atom. The van der Waals surface area contributed by atoms with Gasteiger partial charge in [-0.3, -0.25) is 10.9 Å². The molecule has 3 aliphatic heterocycles. The molecule has 0 aromatic heterocycles. The average molecular weight is 919 g/mol. The molecule has 21 heteroatoms. The molecule has 14 N–H and O–H groups in total. The third-order valence-corrected chi connectivity index (χ3v) is 6.92. The van der Waals surface area contributed by atoms with Crippen LogP contribution in [0.5, 0.6) is 0 Å². The van der Waals surface area contributed by atoms with Crippen LogP contribution in [0.1, 0.15) is 104 Å². The molecule has 2 fully saturated rings. The standard InChI is InChI=1S/C7H16N2S.2C6H14N2S.C5H12N2S.C4H8N2S.C3H5N3.C3H6N2S.2CH4/c1-5(2)8-7(10)9-6(3)4;1-4-7-6(9)8-5(2)3;1-3-5-8-6(9)7-4-2;1-3-6-5(8)7-4-2;7-4-5-2-1-3-6-4;1-3-4-2-5-6-3;6-3-4-1-2-5-3;;/h5-6H,1-4H3,(H2,8,9,10);5H,4H2,1-3H3,(H2,7,8,9);3-5H2,1-2H3,(H2,7,8,9);3-4H2,1-2H3,(H2,6,7,8);1-3H2,(H2,5,6,7);2,6H,1H2,(H,4,5);1-2H2,(H2,4,5,6);2*1H4. The second kappa shape index (κ2) is 49.3. The van der Waals surface area contributed by atoms with E-state index in [1.807, 2.05) is 27.7 Å². The first-order valence-electron chi connectivity index (χ1n) is 18.9. The third kappa shape index (κ3) is 62.6. The molecule has 2 saturated heterocycles. The van der Waals surface area contributed by atoms with Crippen molar-refractivity contribution in [2.45, 2.75) is 122 Å². The van der Waals surface area contributed by atoms with Gasteiger partial charge in [0, 0.05) is 77.0 Å². The zero-order valence-electron chi connectivity index (χ0n) is 35.2. The van der Waals surface area contributed by atoms with E-state index in [2.05, 4.69) is 135 Å². The summed E-state index contributed by atoms with van der Waals surface area (Å²) >= 11 is 29.1. The van der Waals surface area contributed by atoms with Gasteiger partial charge in [-0.05, 0) is 155 Å². The Bertz CT molecular complexity index is 1030. The van der Waals surface area contributed by atoms with Crippen LogP contribution in [-0.4, -0.2) is 114 Å². The van der Waals surface area contributed by atoms with Crippen LogP contribution in [0.4, 0.5) is 0 Å². The van der Waals surface area contributed by atoms with Crippen molar-refractivity contribution in [3.63, 3.8) is 0 Å². The molecule has 0 spiro atoms. The highest BCUT2D eigenvalue weighted by atomic mass is 32.1. The first-order chi connectivity index (χ1) is 26.0. The summed E-state index contributed by atoms with van der Waals surface area (Å²) in [6, 6.07) is 1.26. The maximum atomic E-state index is 4.98. The number of hydrogen-bond donors (Lipinski definition) is 14. The molecular formula is C36H83N15S6. The lowest BCUT2D eigenvalue weighted by molar-refractivity contribution is 0.673. The van der Waals surface area contributed by atoms with Crippen LogP contribution in [0.2, 0.25) is 0 Å². The van der Waals surface area contributed by atoms with Crippen LogP contribution in [-0.2, 0) is 0 Å². The van der Waals surface area contributed by atoms with Gasteiger partial charge in [0.1, 0.15) is 12.2 Å². The van der Waals surface area contributed by atoms with Gasteiger partial charge in [0.2, 0.25) is 0 Å². The largest absolute Gasteiger partial charge is 0.363 e. The highest BCUT2D eigenvalue weighted by molar-refractivity contribution is 7.81. The number of rotatable bonds is 9. The smallest absolute Gasteiger partial charge is 0.166 e. The summed E-state index contributed by atoms with van der Waals surface area (Å²) in [5.74, 6) is 0.662. The first kappa shape index (κ1) is 66.0. The van der Waals surface area contributed by atoms with Crippen molar-refractivity contribution < 1.29 is 0 Å². The molecule has 0 aromatic carbocycles. The number of nitrogens with zero attached hydrogens (tertiary/aromatic N) is 1. The zero-order valence-corrected chi connectivity index (χ0v) is 40.1. The molecular weight excluding hydrogens is 835 g/mol. The van der Waals surface area contributed by atoms with Gasteiger partial charge in [-0.25, -0.2) is 4.99 Å². The Labute approximate surface area is 381 Å². The van der Waals surface area contributed by atoms with Crippen LogP contribution in [0.3, 0.4) is 0 Å². The normalized spacial score (nSPS) is 12.1. The summed E-state index contributed by atoms with van der Waals surface area (Å²) < 4.78 is 0. The monoisotopic (exact) mass is 918 g/mol. The molecule has 0 aliphatic carbocycles. The Balaban J connectivity index is -0.000000133. The van der Waals surface area contributed by atoms with E-state index < -0.39 is 0 Å². The maximum absolute atomic E-state index is 4.98. The molecule has 0 unspecified atom stereocenters. The van der Waals surface area contributed by atoms with Crippen molar-refractivity contribution in [1.82, 2.24) is 74.7 Å². The van der Waals surface area contributed by atoms with Crippen molar-refractivity contribution in [1.29, 1.82) is 0 Å². The molecule has 0 saturated carbocycles. The second-order valence-electron chi connectivity index (χ2n) is 12.0. The van der Waals surface area contributed by atoms with Crippen molar-refractivity contribution in [2.24, 2.45) is 4.99 Å². The molecule has 0 radical (unpaired) electrons. The Morgan fingerprint density at radius 1 is 0.596 bits per heavy atom. The first-order valence-corrected chi connectivity index (χ1v) is 21.3. The van der Waals surface area contributed by atoms with Crippen LogP contribution in [0.15, 0.2) is 17.4 Å². The summed E-state index contributed by atoms with van der Waals surface area (Å²) in [6.07, 6.45) is 3.84. The summed E-state index contributed by atoms with van der Waals surface area (Å²) in [7, 11) is 0. The highest BCUT2D eigenvalue weighted by Gasteiger charge is 2.00. The molecule has 57 heavy (non-hydrogen) atoms. The fraction of sp³-hybridized carbons (Fsp3) is 0.750. The third-order valence-electron chi connectivity index (χ3n) is 5.27.